The molecule has 1 heterocycles. The molecule has 2 N–H and O–H groups in total. The Morgan fingerprint density at radius 2 is 1.95 bits per heavy atom. The third-order valence-corrected chi connectivity index (χ3v) is 4.09. The minimum Gasteiger partial charge on any atom is -0.339 e. The summed E-state index contributed by atoms with van der Waals surface area (Å²) in [6.07, 6.45) is 2.84. The van der Waals surface area contributed by atoms with Gasteiger partial charge in [0.15, 0.2) is 0 Å². The van der Waals surface area contributed by atoms with Gasteiger partial charge in [-0.25, -0.2) is 4.39 Å². The van der Waals surface area contributed by atoms with Crippen molar-refractivity contribution < 1.29 is 4.39 Å². The van der Waals surface area contributed by atoms with E-state index in [2.05, 4.69) is 30.0 Å². The first-order valence-electron chi connectivity index (χ1n) is 7.54. The van der Waals surface area contributed by atoms with Crippen LogP contribution in [0.4, 0.5) is 15.8 Å². The SMILES string of the molecule is Cc1ccc2c(c1)CCCN2c1ccc(CCN)cc1F. The molecule has 0 spiro atoms. The Morgan fingerprint density at radius 3 is 2.71 bits per heavy atom. The number of aryl methyl sites for hydroxylation is 2. The molecule has 21 heavy (non-hydrogen) atoms. The molecule has 0 amide bonds. The van der Waals surface area contributed by atoms with Crippen LogP contribution in [-0.4, -0.2) is 13.1 Å². The van der Waals surface area contributed by atoms with Crippen LogP contribution in [0.25, 0.3) is 0 Å². The number of rotatable bonds is 3. The summed E-state index contributed by atoms with van der Waals surface area (Å²) in [5.74, 6) is -0.158. The lowest BCUT2D eigenvalue weighted by atomic mass is 9.98. The minimum absolute atomic E-state index is 0.158. The lowest BCUT2D eigenvalue weighted by Gasteiger charge is -2.32. The summed E-state index contributed by atoms with van der Waals surface area (Å²) in [6.45, 7) is 3.51. The number of hydrogen-bond acceptors (Lipinski definition) is 2. The minimum atomic E-state index is -0.158. The summed E-state index contributed by atoms with van der Waals surface area (Å²) < 4.78 is 14.4. The van der Waals surface area contributed by atoms with Gasteiger partial charge in [-0.15, -0.1) is 0 Å². The molecular formula is C18H21FN2. The first kappa shape index (κ1) is 14.1. The normalized spacial score (nSPS) is 14.1. The average molecular weight is 284 g/mol. The number of halogens is 1. The van der Waals surface area contributed by atoms with E-state index in [4.69, 9.17) is 5.73 Å². The number of hydrogen-bond donors (Lipinski definition) is 1. The van der Waals surface area contributed by atoms with Gasteiger partial charge in [0.25, 0.3) is 0 Å². The topological polar surface area (TPSA) is 29.3 Å². The molecule has 2 aromatic carbocycles. The van der Waals surface area contributed by atoms with Gasteiger partial charge in [-0.3, -0.25) is 0 Å². The second-order valence-electron chi connectivity index (χ2n) is 5.71. The average Bonchev–Trinajstić information content (AvgIpc) is 2.47. The molecule has 3 heteroatoms. The van der Waals surface area contributed by atoms with E-state index in [0.717, 1.165) is 30.6 Å². The van der Waals surface area contributed by atoms with E-state index in [1.165, 1.54) is 11.1 Å². The van der Waals surface area contributed by atoms with Gasteiger partial charge in [-0.05, 0) is 62.1 Å². The molecule has 0 aromatic heterocycles. The van der Waals surface area contributed by atoms with Crippen LogP contribution < -0.4 is 10.6 Å². The molecule has 3 rings (SSSR count). The Kier molecular flexibility index (Phi) is 3.93. The van der Waals surface area contributed by atoms with Crippen LogP contribution in [0.5, 0.6) is 0 Å². The number of fused-ring (bicyclic) bond motifs is 1. The van der Waals surface area contributed by atoms with Crippen molar-refractivity contribution >= 4 is 11.4 Å². The molecule has 0 saturated heterocycles. The van der Waals surface area contributed by atoms with Crippen LogP contribution in [0.2, 0.25) is 0 Å². The van der Waals surface area contributed by atoms with E-state index in [-0.39, 0.29) is 5.82 Å². The number of nitrogens with two attached hydrogens (primary N) is 1. The summed E-state index contributed by atoms with van der Waals surface area (Å²) >= 11 is 0. The summed E-state index contributed by atoms with van der Waals surface area (Å²) in [5.41, 5.74) is 10.9. The highest BCUT2D eigenvalue weighted by Gasteiger charge is 2.20. The molecule has 0 aliphatic carbocycles. The van der Waals surface area contributed by atoms with Crippen LogP contribution in [0.1, 0.15) is 23.1 Å². The fourth-order valence-corrected chi connectivity index (χ4v) is 3.07. The van der Waals surface area contributed by atoms with Crippen LogP contribution >= 0.6 is 0 Å². The Morgan fingerprint density at radius 1 is 1.14 bits per heavy atom. The van der Waals surface area contributed by atoms with E-state index in [1.54, 1.807) is 6.07 Å². The quantitative estimate of drug-likeness (QED) is 0.930. The van der Waals surface area contributed by atoms with Crippen molar-refractivity contribution in [2.24, 2.45) is 5.73 Å². The second kappa shape index (κ2) is 5.86. The van der Waals surface area contributed by atoms with Crippen molar-refractivity contribution in [2.45, 2.75) is 26.2 Å². The van der Waals surface area contributed by atoms with Crippen LogP contribution in [0.3, 0.4) is 0 Å². The molecule has 0 bridgehead atoms. The maximum absolute atomic E-state index is 14.4. The highest BCUT2D eigenvalue weighted by atomic mass is 19.1. The van der Waals surface area contributed by atoms with Crippen LogP contribution in [0, 0.1) is 12.7 Å². The van der Waals surface area contributed by atoms with Gasteiger partial charge in [0.05, 0.1) is 5.69 Å². The number of nitrogens with zero attached hydrogens (tertiary/aromatic N) is 1. The van der Waals surface area contributed by atoms with Gasteiger partial charge in [0.2, 0.25) is 0 Å². The summed E-state index contributed by atoms with van der Waals surface area (Å²) in [4.78, 5) is 2.10. The first-order valence-corrected chi connectivity index (χ1v) is 7.54. The molecule has 1 aliphatic rings. The highest BCUT2D eigenvalue weighted by Crippen LogP contribution is 2.35. The Labute approximate surface area is 125 Å². The zero-order chi connectivity index (χ0) is 14.8. The van der Waals surface area contributed by atoms with Crippen molar-refractivity contribution in [2.75, 3.05) is 18.0 Å². The maximum atomic E-state index is 14.4. The zero-order valence-electron chi connectivity index (χ0n) is 12.4. The van der Waals surface area contributed by atoms with Gasteiger partial charge >= 0.3 is 0 Å². The van der Waals surface area contributed by atoms with E-state index in [1.807, 2.05) is 12.1 Å². The lowest BCUT2D eigenvalue weighted by molar-refractivity contribution is 0.618. The van der Waals surface area contributed by atoms with Crippen molar-refractivity contribution in [1.29, 1.82) is 0 Å². The molecule has 0 fully saturated rings. The fourth-order valence-electron chi connectivity index (χ4n) is 3.07. The molecule has 0 saturated carbocycles. The molecule has 2 nitrogen and oxygen atoms in total. The molecule has 110 valence electrons. The fraction of sp³-hybridized carbons (Fsp3) is 0.333. The molecule has 1 aliphatic heterocycles. The zero-order valence-corrected chi connectivity index (χ0v) is 12.4. The van der Waals surface area contributed by atoms with Crippen molar-refractivity contribution in [1.82, 2.24) is 0 Å². The van der Waals surface area contributed by atoms with E-state index in [9.17, 15) is 4.39 Å². The number of benzene rings is 2. The van der Waals surface area contributed by atoms with Crippen LogP contribution in [-0.2, 0) is 12.8 Å². The van der Waals surface area contributed by atoms with E-state index >= 15 is 0 Å². The molecular weight excluding hydrogens is 263 g/mol. The van der Waals surface area contributed by atoms with Gasteiger partial charge < -0.3 is 10.6 Å². The van der Waals surface area contributed by atoms with Crippen molar-refractivity contribution in [3.63, 3.8) is 0 Å². The van der Waals surface area contributed by atoms with Gasteiger partial charge in [-0.2, -0.15) is 0 Å². The van der Waals surface area contributed by atoms with Gasteiger partial charge in [0.1, 0.15) is 5.82 Å². The van der Waals surface area contributed by atoms with Gasteiger partial charge in [-0.1, -0.05) is 23.8 Å². The summed E-state index contributed by atoms with van der Waals surface area (Å²) in [5, 5.41) is 0. The highest BCUT2D eigenvalue weighted by molar-refractivity contribution is 5.69. The number of anilines is 2. The molecule has 0 atom stereocenters. The second-order valence-corrected chi connectivity index (χ2v) is 5.71. The molecule has 0 unspecified atom stereocenters. The monoisotopic (exact) mass is 284 g/mol. The Balaban J connectivity index is 1.99. The van der Waals surface area contributed by atoms with Gasteiger partial charge in [0, 0.05) is 12.2 Å². The first-order chi connectivity index (χ1) is 10.2. The molecule has 0 radical (unpaired) electrons. The van der Waals surface area contributed by atoms with Crippen LogP contribution in [0.15, 0.2) is 36.4 Å². The van der Waals surface area contributed by atoms with E-state index in [0.29, 0.717) is 18.7 Å². The van der Waals surface area contributed by atoms with Crippen molar-refractivity contribution in [3.8, 4) is 0 Å². The Hall–Kier alpha value is -1.87. The smallest absolute Gasteiger partial charge is 0.147 e. The standard InChI is InChI=1S/C18H21FN2/c1-13-4-6-17-15(11-13)3-2-10-21(17)18-7-5-14(8-9-20)12-16(18)19/h4-7,11-12H,2-3,8-10,20H2,1H3. The third-order valence-electron chi connectivity index (χ3n) is 4.09. The van der Waals surface area contributed by atoms with E-state index < -0.39 is 0 Å². The summed E-state index contributed by atoms with van der Waals surface area (Å²) in [6, 6.07) is 11.9. The third kappa shape index (κ3) is 2.79. The van der Waals surface area contributed by atoms with Crippen molar-refractivity contribution in [3.05, 3.63) is 58.9 Å². The predicted molar refractivity (Wildman–Crippen MR) is 85.7 cm³/mol. The Bertz CT molecular complexity index is 652. The molecule has 2 aromatic rings. The largest absolute Gasteiger partial charge is 0.339 e. The lowest BCUT2D eigenvalue weighted by Crippen LogP contribution is -2.25. The summed E-state index contributed by atoms with van der Waals surface area (Å²) in [7, 11) is 0. The maximum Gasteiger partial charge on any atom is 0.147 e. The predicted octanol–water partition coefficient (Wildman–Crippen LogP) is 3.72.